The average Bonchev–Trinajstić information content (AvgIpc) is 2.66. The van der Waals surface area contributed by atoms with E-state index in [1.54, 1.807) is 0 Å². The Morgan fingerprint density at radius 1 is 1.42 bits per heavy atom. The molecule has 1 aliphatic rings. The van der Waals surface area contributed by atoms with Crippen molar-refractivity contribution in [1.82, 2.24) is 10.2 Å². The fourth-order valence-electron chi connectivity index (χ4n) is 2.70. The van der Waals surface area contributed by atoms with Gasteiger partial charge in [0.2, 0.25) is 0 Å². The van der Waals surface area contributed by atoms with Crippen LogP contribution in [0.25, 0.3) is 0 Å². The second-order valence-electron chi connectivity index (χ2n) is 5.63. The van der Waals surface area contributed by atoms with Crippen LogP contribution in [0.15, 0.2) is 24.3 Å². The molecule has 1 aliphatic heterocycles. The second-order valence-corrected chi connectivity index (χ2v) is 6.03. The largest absolute Gasteiger partial charge is 0.312 e. The Morgan fingerprint density at radius 3 is 2.95 bits per heavy atom. The lowest BCUT2D eigenvalue weighted by atomic mass is 9.99. The zero-order valence-corrected chi connectivity index (χ0v) is 12.8. The van der Waals surface area contributed by atoms with Crippen molar-refractivity contribution in [3.63, 3.8) is 0 Å². The van der Waals surface area contributed by atoms with Gasteiger partial charge in [-0.1, -0.05) is 50.1 Å². The number of nitrogens with one attached hydrogen (secondary N) is 1. The van der Waals surface area contributed by atoms with Gasteiger partial charge in [-0.25, -0.2) is 0 Å². The molecular formula is C16H25ClN2. The molecule has 1 heterocycles. The monoisotopic (exact) mass is 280 g/mol. The molecule has 0 aliphatic carbocycles. The van der Waals surface area contributed by atoms with E-state index in [2.05, 4.69) is 36.2 Å². The van der Waals surface area contributed by atoms with E-state index in [9.17, 15) is 0 Å². The smallest absolute Gasteiger partial charge is 0.0451 e. The van der Waals surface area contributed by atoms with Crippen LogP contribution in [0.3, 0.4) is 0 Å². The molecule has 106 valence electrons. The minimum Gasteiger partial charge on any atom is -0.312 e. The molecule has 0 radical (unpaired) electrons. The maximum absolute atomic E-state index is 6.27. The SMILES string of the molecule is CCC(C)C1CN(Cc2ccccc2Cl)CCCN1. The first-order valence-corrected chi connectivity index (χ1v) is 7.77. The van der Waals surface area contributed by atoms with Gasteiger partial charge in [0.05, 0.1) is 0 Å². The van der Waals surface area contributed by atoms with E-state index in [1.807, 2.05) is 12.1 Å². The first-order valence-electron chi connectivity index (χ1n) is 7.40. The Balaban J connectivity index is 2.01. The quantitative estimate of drug-likeness (QED) is 0.907. The molecule has 1 N–H and O–H groups in total. The maximum atomic E-state index is 6.27. The minimum absolute atomic E-state index is 0.606. The summed E-state index contributed by atoms with van der Waals surface area (Å²) in [6.45, 7) is 9.00. The van der Waals surface area contributed by atoms with E-state index in [0.717, 1.165) is 37.1 Å². The summed E-state index contributed by atoms with van der Waals surface area (Å²) in [6, 6.07) is 8.80. The van der Waals surface area contributed by atoms with Crippen LogP contribution in [0.1, 0.15) is 32.3 Å². The van der Waals surface area contributed by atoms with Gasteiger partial charge in [0.1, 0.15) is 0 Å². The molecular weight excluding hydrogens is 256 g/mol. The summed E-state index contributed by atoms with van der Waals surface area (Å²) in [7, 11) is 0. The van der Waals surface area contributed by atoms with Gasteiger partial charge in [0, 0.05) is 24.2 Å². The number of nitrogens with zero attached hydrogens (tertiary/aromatic N) is 1. The Morgan fingerprint density at radius 2 is 2.21 bits per heavy atom. The Labute approximate surface area is 122 Å². The first kappa shape index (κ1) is 14.8. The zero-order valence-electron chi connectivity index (χ0n) is 12.0. The highest BCUT2D eigenvalue weighted by molar-refractivity contribution is 6.31. The predicted octanol–water partition coefficient (Wildman–Crippen LogP) is 3.55. The number of hydrogen-bond acceptors (Lipinski definition) is 2. The highest BCUT2D eigenvalue weighted by atomic mass is 35.5. The van der Waals surface area contributed by atoms with Gasteiger partial charge in [0.25, 0.3) is 0 Å². The second kappa shape index (κ2) is 7.28. The van der Waals surface area contributed by atoms with Crippen LogP contribution in [0.5, 0.6) is 0 Å². The summed E-state index contributed by atoms with van der Waals surface area (Å²) in [5, 5.41) is 4.58. The molecule has 2 rings (SSSR count). The van der Waals surface area contributed by atoms with Crippen LogP contribution in [0, 0.1) is 5.92 Å². The molecule has 0 amide bonds. The Bertz CT molecular complexity index is 394. The van der Waals surface area contributed by atoms with E-state index in [-0.39, 0.29) is 0 Å². The van der Waals surface area contributed by atoms with Crippen LogP contribution >= 0.6 is 11.6 Å². The summed E-state index contributed by atoms with van der Waals surface area (Å²) in [6.07, 6.45) is 2.45. The zero-order chi connectivity index (χ0) is 13.7. The molecule has 1 aromatic rings. The fraction of sp³-hybridized carbons (Fsp3) is 0.625. The molecule has 3 heteroatoms. The van der Waals surface area contributed by atoms with Crippen molar-refractivity contribution < 1.29 is 0 Å². The molecule has 0 saturated carbocycles. The summed E-state index contributed by atoms with van der Waals surface area (Å²) in [4.78, 5) is 2.54. The van der Waals surface area contributed by atoms with Crippen molar-refractivity contribution in [2.75, 3.05) is 19.6 Å². The molecule has 2 unspecified atom stereocenters. The standard InChI is InChI=1S/C16H25ClN2/c1-3-13(2)16-12-19(10-6-9-18-16)11-14-7-4-5-8-15(14)17/h4-5,7-8,13,16,18H,3,6,9-12H2,1-2H3. The lowest BCUT2D eigenvalue weighted by molar-refractivity contribution is 0.231. The van der Waals surface area contributed by atoms with Gasteiger partial charge >= 0.3 is 0 Å². The highest BCUT2D eigenvalue weighted by Crippen LogP contribution is 2.19. The predicted molar refractivity (Wildman–Crippen MR) is 82.6 cm³/mol. The number of benzene rings is 1. The molecule has 1 aromatic carbocycles. The van der Waals surface area contributed by atoms with Gasteiger partial charge in [-0.15, -0.1) is 0 Å². The van der Waals surface area contributed by atoms with Crippen LogP contribution in [-0.2, 0) is 6.54 Å². The molecule has 0 spiro atoms. The summed E-state index contributed by atoms with van der Waals surface area (Å²) in [5.74, 6) is 0.729. The lowest BCUT2D eigenvalue weighted by Crippen LogP contribution is -2.41. The molecule has 1 fully saturated rings. The fourth-order valence-corrected chi connectivity index (χ4v) is 2.90. The van der Waals surface area contributed by atoms with Crippen LogP contribution < -0.4 is 5.32 Å². The third-order valence-electron chi connectivity index (χ3n) is 4.20. The van der Waals surface area contributed by atoms with E-state index < -0.39 is 0 Å². The molecule has 0 bridgehead atoms. The molecule has 0 aromatic heterocycles. The van der Waals surface area contributed by atoms with Crippen molar-refractivity contribution in [3.8, 4) is 0 Å². The van der Waals surface area contributed by atoms with Crippen LogP contribution in [0.2, 0.25) is 5.02 Å². The van der Waals surface area contributed by atoms with Gasteiger partial charge in [-0.3, -0.25) is 4.90 Å². The minimum atomic E-state index is 0.606. The third kappa shape index (κ3) is 4.20. The third-order valence-corrected chi connectivity index (χ3v) is 4.56. The lowest BCUT2D eigenvalue weighted by Gasteiger charge is -2.28. The van der Waals surface area contributed by atoms with Gasteiger partial charge < -0.3 is 5.32 Å². The van der Waals surface area contributed by atoms with Gasteiger partial charge in [-0.05, 0) is 37.1 Å². The number of rotatable bonds is 4. The molecule has 2 nitrogen and oxygen atoms in total. The average molecular weight is 281 g/mol. The topological polar surface area (TPSA) is 15.3 Å². The summed E-state index contributed by atoms with van der Waals surface area (Å²) in [5.41, 5.74) is 1.24. The van der Waals surface area contributed by atoms with Gasteiger partial charge in [0.15, 0.2) is 0 Å². The van der Waals surface area contributed by atoms with Crippen molar-refractivity contribution >= 4 is 11.6 Å². The highest BCUT2D eigenvalue weighted by Gasteiger charge is 2.21. The van der Waals surface area contributed by atoms with Crippen molar-refractivity contribution in [2.24, 2.45) is 5.92 Å². The van der Waals surface area contributed by atoms with E-state index in [1.165, 1.54) is 18.4 Å². The first-order chi connectivity index (χ1) is 9.20. The van der Waals surface area contributed by atoms with Crippen LogP contribution in [0.4, 0.5) is 0 Å². The van der Waals surface area contributed by atoms with E-state index in [0.29, 0.717) is 6.04 Å². The van der Waals surface area contributed by atoms with E-state index in [4.69, 9.17) is 11.6 Å². The normalized spacial score (nSPS) is 23.0. The molecule has 2 atom stereocenters. The Kier molecular flexibility index (Phi) is 5.68. The number of hydrogen-bond donors (Lipinski definition) is 1. The summed E-state index contributed by atoms with van der Waals surface area (Å²) >= 11 is 6.27. The van der Waals surface area contributed by atoms with Crippen molar-refractivity contribution in [3.05, 3.63) is 34.9 Å². The summed E-state index contributed by atoms with van der Waals surface area (Å²) < 4.78 is 0. The van der Waals surface area contributed by atoms with Gasteiger partial charge in [-0.2, -0.15) is 0 Å². The van der Waals surface area contributed by atoms with Crippen molar-refractivity contribution in [1.29, 1.82) is 0 Å². The molecule has 1 saturated heterocycles. The van der Waals surface area contributed by atoms with Crippen molar-refractivity contribution in [2.45, 2.75) is 39.3 Å². The Hall–Kier alpha value is -0.570. The maximum Gasteiger partial charge on any atom is 0.0451 e. The number of halogens is 1. The van der Waals surface area contributed by atoms with E-state index >= 15 is 0 Å². The van der Waals surface area contributed by atoms with Crippen LogP contribution in [-0.4, -0.2) is 30.6 Å². The molecule has 19 heavy (non-hydrogen) atoms.